The number of hydrogen-bond donors (Lipinski definition) is 1. The van der Waals surface area contributed by atoms with Gasteiger partial charge in [-0.15, -0.1) is 0 Å². The van der Waals surface area contributed by atoms with Crippen molar-refractivity contribution in [3.63, 3.8) is 0 Å². The Kier molecular flexibility index (Phi) is 5.78. The zero-order chi connectivity index (χ0) is 19.7. The molecule has 2 amide bonds. The fourth-order valence-electron chi connectivity index (χ4n) is 3.27. The van der Waals surface area contributed by atoms with Crippen LogP contribution >= 0.6 is 0 Å². The molecule has 1 aromatic rings. The van der Waals surface area contributed by atoms with Gasteiger partial charge in [0, 0.05) is 13.1 Å². The Morgan fingerprint density at radius 1 is 1.15 bits per heavy atom. The summed E-state index contributed by atoms with van der Waals surface area (Å²) in [6.07, 6.45) is 1.74. The minimum Gasteiger partial charge on any atom is -0.412 e. The first-order chi connectivity index (χ1) is 12.0. The van der Waals surface area contributed by atoms with Gasteiger partial charge < -0.3 is 14.6 Å². The van der Waals surface area contributed by atoms with Crippen molar-refractivity contribution in [2.75, 3.05) is 0 Å². The molecule has 1 aliphatic rings. The summed E-state index contributed by atoms with van der Waals surface area (Å²) in [6.45, 7) is 13.7. The van der Waals surface area contributed by atoms with Crippen molar-refractivity contribution in [1.29, 1.82) is 0 Å². The number of nitrogens with zero attached hydrogens (tertiary/aromatic N) is 1. The van der Waals surface area contributed by atoms with Gasteiger partial charge >= 0.3 is 0 Å². The molecule has 2 rings (SSSR count). The lowest BCUT2D eigenvalue weighted by atomic mass is 9.72. The Morgan fingerprint density at radius 2 is 1.73 bits per heavy atom. The summed E-state index contributed by atoms with van der Waals surface area (Å²) in [6, 6.07) is 8.81. The first-order valence-electron chi connectivity index (χ1n) is 9.02. The smallest absolute Gasteiger partial charge is 0.250 e. The van der Waals surface area contributed by atoms with Crippen molar-refractivity contribution in [2.45, 2.75) is 59.4 Å². The second kappa shape index (κ2) is 7.37. The molecule has 26 heavy (non-hydrogen) atoms. The van der Waals surface area contributed by atoms with E-state index in [4.69, 9.17) is 4.43 Å². The van der Waals surface area contributed by atoms with Gasteiger partial charge in [-0.25, -0.2) is 0 Å². The number of nitrogens with one attached hydrogen (secondary N) is 1. The lowest BCUT2D eigenvalue weighted by Crippen LogP contribution is -2.66. The van der Waals surface area contributed by atoms with E-state index in [9.17, 15) is 9.59 Å². The maximum absolute atomic E-state index is 13.2. The molecule has 0 saturated carbocycles. The Labute approximate surface area is 158 Å². The van der Waals surface area contributed by atoms with Crippen LogP contribution < -0.4 is 5.32 Å². The molecule has 6 heteroatoms. The van der Waals surface area contributed by atoms with Crippen LogP contribution in [0.3, 0.4) is 0 Å². The summed E-state index contributed by atoms with van der Waals surface area (Å²) in [7, 11) is -1.47. The molecule has 2 atom stereocenters. The minimum atomic E-state index is -1.47. The van der Waals surface area contributed by atoms with Crippen molar-refractivity contribution in [3.8, 4) is 0 Å². The second-order valence-corrected chi connectivity index (χ2v) is 10.6. The molecule has 0 bridgehead atoms. The topological polar surface area (TPSA) is 58.6 Å². The van der Waals surface area contributed by atoms with Crippen LogP contribution in [0.4, 0.5) is 0 Å². The van der Waals surface area contributed by atoms with E-state index in [0.29, 0.717) is 5.70 Å². The van der Waals surface area contributed by atoms with Crippen LogP contribution in [0.15, 0.2) is 36.5 Å². The summed E-state index contributed by atoms with van der Waals surface area (Å²) in [5.74, 6) is -0.392. The maximum Gasteiger partial charge on any atom is 0.250 e. The molecule has 0 radical (unpaired) electrons. The maximum atomic E-state index is 13.2. The third-order valence-electron chi connectivity index (χ3n) is 4.99. The van der Waals surface area contributed by atoms with E-state index in [1.165, 1.54) is 11.8 Å². The second-order valence-electron chi connectivity index (χ2n) is 8.25. The SMILES string of the molecule is CC(=O)N1C=C(c2ccccc2)NC(=O)C1C(C)(O[SiH](C)C)C(C)(C)C. The highest BCUT2D eigenvalue weighted by atomic mass is 28.3. The van der Waals surface area contributed by atoms with E-state index in [0.717, 1.165) is 5.56 Å². The molecule has 0 saturated heterocycles. The molecule has 0 aromatic heterocycles. The first-order valence-corrected chi connectivity index (χ1v) is 11.8. The van der Waals surface area contributed by atoms with Gasteiger partial charge in [-0.05, 0) is 31.0 Å². The van der Waals surface area contributed by atoms with E-state index in [-0.39, 0.29) is 17.2 Å². The van der Waals surface area contributed by atoms with Crippen molar-refractivity contribution in [2.24, 2.45) is 5.41 Å². The average molecular weight is 375 g/mol. The highest BCUT2D eigenvalue weighted by Crippen LogP contribution is 2.41. The largest absolute Gasteiger partial charge is 0.412 e. The third kappa shape index (κ3) is 3.91. The lowest BCUT2D eigenvalue weighted by Gasteiger charge is -2.51. The molecule has 1 aromatic carbocycles. The summed E-state index contributed by atoms with van der Waals surface area (Å²) < 4.78 is 6.39. The number of rotatable bonds is 4. The van der Waals surface area contributed by atoms with Crippen LogP contribution in [-0.2, 0) is 14.0 Å². The fourth-order valence-corrected chi connectivity index (χ4v) is 4.73. The Morgan fingerprint density at radius 3 is 2.19 bits per heavy atom. The molecule has 1 heterocycles. The van der Waals surface area contributed by atoms with Gasteiger partial charge in [-0.3, -0.25) is 9.59 Å². The predicted octanol–water partition coefficient (Wildman–Crippen LogP) is 3.14. The molecular formula is C20H30N2O3Si. The number of benzene rings is 1. The molecule has 142 valence electrons. The van der Waals surface area contributed by atoms with Crippen LogP contribution in [0, 0.1) is 5.41 Å². The first kappa shape index (κ1) is 20.4. The van der Waals surface area contributed by atoms with Gasteiger partial charge in [0.15, 0.2) is 9.04 Å². The number of carbonyl (C=O) groups is 2. The molecule has 0 spiro atoms. The normalized spacial score (nSPS) is 20.5. The third-order valence-corrected chi connectivity index (χ3v) is 5.95. The summed E-state index contributed by atoms with van der Waals surface area (Å²) in [5.41, 5.74) is 0.349. The van der Waals surface area contributed by atoms with Gasteiger partial charge in [-0.1, -0.05) is 51.1 Å². The molecule has 0 aliphatic carbocycles. The summed E-state index contributed by atoms with van der Waals surface area (Å²) in [4.78, 5) is 27.1. The molecule has 1 N–H and O–H groups in total. The van der Waals surface area contributed by atoms with E-state index in [1.807, 2.05) is 58.0 Å². The summed E-state index contributed by atoms with van der Waals surface area (Å²) in [5, 5.41) is 2.98. The fraction of sp³-hybridized carbons (Fsp3) is 0.500. The standard InChI is InChI=1S/C20H30N2O3Si/c1-14(23)22-13-16(15-11-9-8-10-12-15)21-18(24)17(22)20(5,19(2,3)4)25-26(6)7/h8-13,17,26H,1-7H3,(H,21,24). The molecule has 0 fully saturated rings. The Hall–Kier alpha value is -1.92. The number of amides is 2. The van der Waals surface area contributed by atoms with Crippen molar-refractivity contribution >= 4 is 26.6 Å². The van der Waals surface area contributed by atoms with Crippen molar-refractivity contribution in [1.82, 2.24) is 10.2 Å². The molecule has 5 nitrogen and oxygen atoms in total. The van der Waals surface area contributed by atoms with Crippen LogP contribution in [0.25, 0.3) is 5.70 Å². The van der Waals surface area contributed by atoms with Crippen molar-refractivity contribution < 1.29 is 14.0 Å². The average Bonchev–Trinajstić information content (AvgIpc) is 2.52. The van der Waals surface area contributed by atoms with Crippen LogP contribution in [0.5, 0.6) is 0 Å². The van der Waals surface area contributed by atoms with E-state index in [2.05, 4.69) is 18.4 Å². The lowest BCUT2D eigenvalue weighted by molar-refractivity contribution is -0.152. The van der Waals surface area contributed by atoms with Gasteiger partial charge in [0.2, 0.25) is 5.91 Å². The molecule has 2 unspecified atom stereocenters. The highest BCUT2D eigenvalue weighted by Gasteiger charge is 2.53. The van der Waals surface area contributed by atoms with E-state index >= 15 is 0 Å². The Bertz CT molecular complexity index is 710. The zero-order valence-electron chi connectivity index (χ0n) is 16.8. The number of hydrogen-bond acceptors (Lipinski definition) is 3. The predicted molar refractivity (Wildman–Crippen MR) is 107 cm³/mol. The monoisotopic (exact) mass is 374 g/mol. The summed E-state index contributed by atoms with van der Waals surface area (Å²) >= 11 is 0. The van der Waals surface area contributed by atoms with E-state index < -0.39 is 20.7 Å². The quantitative estimate of drug-likeness (QED) is 0.824. The highest BCUT2D eigenvalue weighted by molar-refractivity contribution is 6.48. The zero-order valence-corrected chi connectivity index (χ0v) is 17.9. The van der Waals surface area contributed by atoms with Crippen LogP contribution in [-0.4, -0.2) is 37.4 Å². The Balaban J connectivity index is 2.55. The van der Waals surface area contributed by atoms with Gasteiger partial charge in [-0.2, -0.15) is 0 Å². The van der Waals surface area contributed by atoms with Crippen molar-refractivity contribution in [3.05, 3.63) is 42.1 Å². The van der Waals surface area contributed by atoms with Gasteiger partial charge in [0.05, 0.1) is 11.3 Å². The van der Waals surface area contributed by atoms with Gasteiger partial charge in [0.1, 0.15) is 6.04 Å². The van der Waals surface area contributed by atoms with Gasteiger partial charge in [0.25, 0.3) is 5.91 Å². The minimum absolute atomic E-state index is 0.178. The van der Waals surface area contributed by atoms with E-state index in [1.54, 1.807) is 6.20 Å². The van der Waals surface area contributed by atoms with Crippen LogP contribution in [0.2, 0.25) is 13.1 Å². The molecular weight excluding hydrogens is 344 g/mol. The van der Waals surface area contributed by atoms with Crippen LogP contribution in [0.1, 0.15) is 40.2 Å². The molecule has 1 aliphatic heterocycles. The number of carbonyl (C=O) groups excluding carboxylic acids is 2.